The van der Waals surface area contributed by atoms with Crippen molar-refractivity contribution in [3.63, 3.8) is 0 Å². The van der Waals surface area contributed by atoms with Gasteiger partial charge in [0, 0.05) is 12.0 Å². The van der Waals surface area contributed by atoms with Gasteiger partial charge in [-0.1, -0.05) is 29.8 Å². The third-order valence-corrected chi connectivity index (χ3v) is 5.66. The molecule has 122 valence electrons. The Balaban J connectivity index is 2.41. The molecule has 0 aliphatic carbocycles. The quantitative estimate of drug-likeness (QED) is 0.464. The van der Waals surface area contributed by atoms with E-state index in [2.05, 4.69) is 0 Å². The van der Waals surface area contributed by atoms with Crippen LogP contribution in [-0.4, -0.2) is 19.6 Å². The van der Waals surface area contributed by atoms with Crippen molar-refractivity contribution in [2.75, 3.05) is 6.26 Å². The Hall–Kier alpha value is -1.86. The maximum atomic E-state index is 11.8. The van der Waals surface area contributed by atoms with Gasteiger partial charge in [0.1, 0.15) is 4.90 Å². The van der Waals surface area contributed by atoms with E-state index in [1.165, 1.54) is 23.9 Å². The van der Waals surface area contributed by atoms with E-state index in [1.807, 2.05) is 32.0 Å². The van der Waals surface area contributed by atoms with Gasteiger partial charge in [-0.2, -0.15) is 0 Å². The summed E-state index contributed by atoms with van der Waals surface area (Å²) < 4.78 is 23.5. The molecule has 0 fully saturated rings. The van der Waals surface area contributed by atoms with Crippen LogP contribution in [0.5, 0.6) is 0 Å². The number of hydrogen-bond donors (Lipinski definition) is 0. The van der Waals surface area contributed by atoms with Crippen molar-refractivity contribution < 1.29 is 13.3 Å². The largest absolute Gasteiger partial charge is 0.301 e. The summed E-state index contributed by atoms with van der Waals surface area (Å²) in [5.74, 6) is 0.543. The van der Waals surface area contributed by atoms with E-state index >= 15 is 0 Å². The van der Waals surface area contributed by atoms with Crippen LogP contribution in [-0.2, 0) is 15.6 Å². The van der Waals surface area contributed by atoms with Gasteiger partial charge in [-0.15, -0.1) is 11.8 Å². The highest BCUT2D eigenvalue weighted by molar-refractivity contribution is 7.98. The minimum atomic E-state index is -3.65. The minimum absolute atomic E-state index is 0.242. The number of aryl methyl sites for hydroxylation is 2. The van der Waals surface area contributed by atoms with Gasteiger partial charge in [0.15, 0.2) is 9.84 Å². The highest BCUT2D eigenvalue weighted by Gasteiger charge is 2.26. The Bertz CT molecular complexity index is 860. The highest BCUT2D eigenvalue weighted by atomic mass is 32.2. The number of benzene rings is 2. The Morgan fingerprint density at radius 1 is 1.17 bits per heavy atom. The number of hydrogen-bond acceptors (Lipinski definition) is 5. The van der Waals surface area contributed by atoms with Crippen molar-refractivity contribution in [1.29, 1.82) is 0 Å². The second-order valence-electron chi connectivity index (χ2n) is 5.35. The molecule has 0 aromatic heterocycles. The van der Waals surface area contributed by atoms with Crippen LogP contribution in [0, 0.1) is 24.0 Å². The lowest BCUT2D eigenvalue weighted by molar-refractivity contribution is -0.390. The van der Waals surface area contributed by atoms with Gasteiger partial charge < -0.3 is 0 Å². The van der Waals surface area contributed by atoms with Crippen molar-refractivity contribution in [3.8, 4) is 0 Å². The van der Waals surface area contributed by atoms with Crippen molar-refractivity contribution in [2.24, 2.45) is 0 Å². The molecule has 23 heavy (non-hydrogen) atoms. The first-order chi connectivity index (χ1) is 10.7. The van der Waals surface area contributed by atoms with Crippen LogP contribution in [0.15, 0.2) is 46.2 Å². The topological polar surface area (TPSA) is 77.3 Å². The molecule has 2 rings (SSSR count). The second kappa shape index (κ2) is 6.72. The van der Waals surface area contributed by atoms with E-state index in [0.717, 1.165) is 22.9 Å². The van der Waals surface area contributed by atoms with Crippen molar-refractivity contribution in [1.82, 2.24) is 0 Å². The van der Waals surface area contributed by atoms with E-state index < -0.39 is 14.8 Å². The molecule has 0 radical (unpaired) electrons. The molecule has 0 unspecified atom stereocenters. The van der Waals surface area contributed by atoms with E-state index in [-0.39, 0.29) is 10.6 Å². The summed E-state index contributed by atoms with van der Waals surface area (Å²) in [6, 6.07) is 10.4. The number of nitrogens with zero attached hydrogens (tertiary/aromatic N) is 1. The molecule has 0 saturated heterocycles. The van der Waals surface area contributed by atoms with Crippen LogP contribution in [0.25, 0.3) is 0 Å². The van der Waals surface area contributed by atoms with E-state index in [9.17, 15) is 18.5 Å². The molecule has 0 saturated carbocycles. The Morgan fingerprint density at radius 2 is 1.87 bits per heavy atom. The molecule has 5 nitrogen and oxygen atoms in total. The number of thioether (sulfide) groups is 1. The summed E-state index contributed by atoms with van der Waals surface area (Å²) >= 11 is 1.28. The predicted octanol–water partition coefficient (Wildman–Crippen LogP) is 3.91. The van der Waals surface area contributed by atoms with Gasteiger partial charge in [-0.3, -0.25) is 10.1 Å². The van der Waals surface area contributed by atoms with Crippen molar-refractivity contribution in [3.05, 3.63) is 63.2 Å². The number of para-hydroxylation sites is 1. The zero-order valence-electron chi connectivity index (χ0n) is 13.1. The molecule has 0 bridgehead atoms. The fourth-order valence-corrected chi connectivity index (χ4v) is 4.25. The van der Waals surface area contributed by atoms with Gasteiger partial charge in [-0.05, 0) is 37.1 Å². The molecule has 0 spiro atoms. The Labute approximate surface area is 139 Å². The fraction of sp³-hybridized carbons (Fsp3) is 0.250. The monoisotopic (exact) mass is 351 g/mol. The van der Waals surface area contributed by atoms with Gasteiger partial charge >= 0.3 is 5.69 Å². The Kier molecular flexibility index (Phi) is 5.11. The van der Waals surface area contributed by atoms with Crippen molar-refractivity contribution >= 4 is 27.3 Å². The van der Waals surface area contributed by atoms with Gasteiger partial charge in [0.25, 0.3) is 0 Å². The summed E-state index contributed by atoms with van der Waals surface area (Å²) in [6.45, 7) is 3.97. The summed E-state index contributed by atoms with van der Waals surface area (Å²) in [5, 5.41) is 11.3. The molecule has 0 amide bonds. The highest BCUT2D eigenvalue weighted by Crippen LogP contribution is 2.36. The maximum Gasteiger partial charge on any atom is 0.301 e. The number of nitro benzene ring substituents is 1. The zero-order chi connectivity index (χ0) is 17.2. The van der Waals surface area contributed by atoms with Crippen LogP contribution in [0.2, 0.25) is 0 Å². The molecule has 0 atom stereocenters. The van der Waals surface area contributed by atoms with E-state index in [1.54, 1.807) is 6.07 Å². The molecule has 7 heteroatoms. The lowest BCUT2D eigenvalue weighted by Gasteiger charge is -2.09. The van der Waals surface area contributed by atoms with Crippen molar-refractivity contribution in [2.45, 2.75) is 29.4 Å². The summed E-state index contributed by atoms with van der Waals surface area (Å²) in [5.41, 5.74) is 2.95. The summed E-state index contributed by atoms with van der Waals surface area (Å²) in [4.78, 5) is 10.8. The second-order valence-corrected chi connectivity index (χ2v) is 8.35. The Morgan fingerprint density at radius 3 is 2.48 bits per heavy atom. The summed E-state index contributed by atoms with van der Waals surface area (Å²) in [6.07, 6.45) is 0.981. The molecule has 2 aromatic rings. The predicted molar refractivity (Wildman–Crippen MR) is 91.7 cm³/mol. The standard InChI is InChI=1S/C16H17NO4S2/c1-11-7-8-12(2)13(9-11)10-22-14-5-4-6-15(23(3,20)21)16(14)17(18)19/h4-9H,10H2,1-3H3. The zero-order valence-corrected chi connectivity index (χ0v) is 14.7. The fourth-order valence-electron chi connectivity index (χ4n) is 2.21. The first-order valence-corrected chi connectivity index (χ1v) is 9.74. The van der Waals surface area contributed by atoms with Crippen LogP contribution < -0.4 is 0 Å². The smallest absolute Gasteiger partial charge is 0.258 e. The van der Waals surface area contributed by atoms with Crippen LogP contribution >= 0.6 is 11.8 Å². The molecular formula is C16H17NO4S2. The van der Waals surface area contributed by atoms with Gasteiger partial charge in [0.2, 0.25) is 0 Å². The van der Waals surface area contributed by atoms with Crippen LogP contribution in [0.3, 0.4) is 0 Å². The molecule has 0 heterocycles. The van der Waals surface area contributed by atoms with E-state index in [4.69, 9.17) is 0 Å². The van der Waals surface area contributed by atoms with Crippen LogP contribution in [0.1, 0.15) is 16.7 Å². The third kappa shape index (κ3) is 4.11. The molecule has 0 aliphatic heterocycles. The normalized spacial score (nSPS) is 11.4. The number of sulfone groups is 1. The first kappa shape index (κ1) is 17.5. The van der Waals surface area contributed by atoms with Crippen LogP contribution in [0.4, 0.5) is 5.69 Å². The van der Waals surface area contributed by atoms with Gasteiger partial charge in [0.05, 0.1) is 9.82 Å². The molecule has 2 aromatic carbocycles. The lowest BCUT2D eigenvalue weighted by atomic mass is 10.1. The maximum absolute atomic E-state index is 11.8. The summed E-state index contributed by atoms with van der Waals surface area (Å²) in [7, 11) is -3.65. The first-order valence-electron chi connectivity index (χ1n) is 6.86. The average molecular weight is 351 g/mol. The molecular weight excluding hydrogens is 334 g/mol. The minimum Gasteiger partial charge on any atom is -0.258 e. The molecule has 0 N–H and O–H groups in total. The average Bonchev–Trinajstić information content (AvgIpc) is 2.46. The lowest BCUT2D eigenvalue weighted by Crippen LogP contribution is -2.04. The number of nitro groups is 1. The van der Waals surface area contributed by atoms with Gasteiger partial charge in [-0.25, -0.2) is 8.42 Å². The number of rotatable bonds is 5. The third-order valence-electron chi connectivity index (χ3n) is 3.43. The molecule has 0 aliphatic rings. The SMILES string of the molecule is Cc1ccc(C)c(CSc2cccc(S(C)(=O)=O)c2[N+](=O)[O-])c1. The van der Waals surface area contributed by atoms with E-state index in [0.29, 0.717) is 10.6 Å².